The van der Waals surface area contributed by atoms with Gasteiger partial charge in [-0.3, -0.25) is 4.79 Å². The summed E-state index contributed by atoms with van der Waals surface area (Å²) in [6.07, 6.45) is 1.08. The van der Waals surface area contributed by atoms with E-state index in [1.807, 2.05) is 0 Å². The van der Waals surface area contributed by atoms with Gasteiger partial charge in [0.1, 0.15) is 0 Å². The molecule has 0 unspecified atom stereocenters. The topological polar surface area (TPSA) is 95.3 Å². The van der Waals surface area contributed by atoms with Gasteiger partial charge in [0, 0.05) is 13.3 Å². The van der Waals surface area contributed by atoms with Gasteiger partial charge in [-0.2, -0.15) is 5.10 Å². The van der Waals surface area contributed by atoms with Gasteiger partial charge in [-0.1, -0.05) is 23.7 Å². The number of sulfone groups is 1. The zero-order valence-corrected chi connectivity index (χ0v) is 14.8. The van der Waals surface area contributed by atoms with E-state index in [0.29, 0.717) is 5.56 Å². The second kappa shape index (κ2) is 6.74. The zero-order valence-electron chi connectivity index (χ0n) is 13.2. The van der Waals surface area contributed by atoms with Crippen molar-refractivity contribution in [1.29, 1.82) is 0 Å². The van der Waals surface area contributed by atoms with Crippen LogP contribution in [0.4, 0.5) is 0 Å². The van der Waals surface area contributed by atoms with E-state index < -0.39 is 21.4 Å². The van der Waals surface area contributed by atoms with Gasteiger partial charge in [0.25, 0.3) is 5.56 Å². The van der Waals surface area contributed by atoms with Crippen LogP contribution in [0.2, 0.25) is 5.02 Å². The number of nitrogens with zero attached hydrogens (tertiary/aromatic N) is 2. The number of aromatic nitrogens is 2. The summed E-state index contributed by atoms with van der Waals surface area (Å²) in [5.74, 6) is -0.743. The minimum atomic E-state index is -3.36. The van der Waals surface area contributed by atoms with Gasteiger partial charge in [0.2, 0.25) is 0 Å². The Morgan fingerprint density at radius 2 is 1.88 bits per heavy atom. The van der Waals surface area contributed by atoms with E-state index in [-0.39, 0.29) is 27.8 Å². The maximum absolute atomic E-state index is 12.4. The summed E-state index contributed by atoms with van der Waals surface area (Å²) in [6, 6.07) is 5.64. The van der Waals surface area contributed by atoms with Crippen molar-refractivity contribution in [3.63, 3.8) is 0 Å². The SMILES string of the molecule is CCOC(=O)c1nn(C)c(=O)c(-c2ccc(S(C)(=O)=O)cc2)c1Cl. The van der Waals surface area contributed by atoms with Crippen LogP contribution in [0, 0.1) is 0 Å². The summed E-state index contributed by atoms with van der Waals surface area (Å²) in [5.41, 5.74) is -0.263. The molecule has 2 rings (SSSR count). The fourth-order valence-electron chi connectivity index (χ4n) is 2.06. The number of rotatable bonds is 4. The van der Waals surface area contributed by atoms with Crippen LogP contribution in [-0.2, 0) is 21.6 Å². The molecule has 1 aromatic heterocycles. The molecule has 2 aromatic rings. The third kappa shape index (κ3) is 3.49. The van der Waals surface area contributed by atoms with Gasteiger partial charge in [-0.15, -0.1) is 0 Å². The molecule has 0 saturated heterocycles. The summed E-state index contributed by atoms with van der Waals surface area (Å²) in [7, 11) is -1.98. The molecule has 0 spiro atoms. The Kier molecular flexibility index (Phi) is 5.10. The van der Waals surface area contributed by atoms with Crippen LogP contribution in [0.15, 0.2) is 34.0 Å². The summed E-state index contributed by atoms with van der Waals surface area (Å²) in [4.78, 5) is 24.4. The Balaban J connectivity index is 2.66. The lowest BCUT2D eigenvalue weighted by Gasteiger charge is -2.10. The standard InChI is InChI=1S/C15H15ClN2O5S/c1-4-23-15(20)13-12(16)11(14(19)18(2)17-13)9-5-7-10(8-6-9)24(3,21)22/h5-8H,4H2,1-3H3. The van der Waals surface area contributed by atoms with Gasteiger partial charge in [0.05, 0.1) is 22.1 Å². The summed E-state index contributed by atoms with van der Waals surface area (Å²) in [5, 5.41) is 3.70. The number of halogens is 1. The molecule has 0 radical (unpaired) electrons. The minimum absolute atomic E-state index is 0.0530. The molecule has 1 aromatic carbocycles. The molecular formula is C15H15ClN2O5S. The molecule has 0 bridgehead atoms. The van der Waals surface area contributed by atoms with Gasteiger partial charge < -0.3 is 4.74 Å². The van der Waals surface area contributed by atoms with Gasteiger partial charge >= 0.3 is 5.97 Å². The molecule has 9 heteroatoms. The summed E-state index contributed by atoms with van der Waals surface area (Å²) < 4.78 is 28.9. The average molecular weight is 371 g/mol. The van der Waals surface area contributed by atoms with Gasteiger partial charge in [-0.05, 0) is 24.6 Å². The highest BCUT2D eigenvalue weighted by Gasteiger charge is 2.22. The number of esters is 1. The van der Waals surface area contributed by atoms with Gasteiger partial charge in [-0.25, -0.2) is 17.9 Å². The van der Waals surface area contributed by atoms with E-state index in [1.54, 1.807) is 6.92 Å². The first-order valence-electron chi connectivity index (χ1n) is 6.91. The molecule has 0 saturated carbocycles. The van der Waals surface area contributed by atoms with Crippen LogP contribution >= 0.6 is 11.6 Å². The highest BCUT2D eigenvalue weighted by Crippen LogP contribution is 2.27. The Bertz CT molecular complexity index is 949. The Morgan fingerprint density at radius 3 is 2.38 bits per heavy atom. The number of aryl methyl sites for hydroxylation is 1. The number of benzene rings is 1. The Hall–Kier alpha value is -2.19. The van der Waals surface area contributed by atoms with Crippen molar-refractivity contribution in [2.45, 2.75) is 11.8 Å². The number of carbonyl (C=O) groups is 1. The van der Waals surface area contributed by atoms with E-state index in [0.717, 1.165) is 10.9 Å². The lowest BCUT2D eigenvalue weighted by atomic mass is 10.1. The smallest absolute Gasteiger partial charge is 0.360 e. The highest BCUT2D eigenvalue weighted by molar-refractivity contribution is 7.90. The fourth-order valence-corrected chi connectivity index (χ4v) is 3.00. The number of hydrogen-bond acceptors (Lipinski definition) is 6. The summed E-state index contributed by atoms with van der Waals surface area (Å²) >= 11 is 6.19. The van der Waals surface area contributed by atoms with Crippen LogP contribution in [0.3, 0.4) is 0 Å². The normalized spacial score (nSPS) is 11.3. The largest absolute Gasteiger partial charge is 0.461 e. The van der Waals surface area contributed by atoms with Crippen molar-refractivity contribution >= 4 is 27.4 Å². The Morgan fingerprint density at radius 1 is 1.29 bits per heavy atom. The second-order valence-electron chi connectivity index (χ2n) is 4.98. The van der Waals surface area contributed by atoms with E-state index in [1.165, 1.54) is 31.3 Å². The number of carbonyl (C=O) groups excluding carboxylic acids is 1. The van der Waals surface area contributed by atoms with E-state index in [4.69, 9.17) is 16.3 Å². The minimum Gasteiger partial charge on any atom is -0.461 e. The van der Waals surface area contributed by atoms with Crippen molar-refractivity contribution in [2.24, 2.45) is 7.05 Å². The lowest BCUT2D eigenvalue weighted by molar-refractivity contribution is 0.0517. The molecule has 0 N–H and O–H groups in total. The molecule has 128 valence electrons. The molecule has 0 aliphatic rings. The molecule has 7 nitrogen and oxygen atoms in total. The third-order valence-corrected chi connectivity index (χ3v) is 4.72. The first-order valence-corrected chi connectivity index (χ1v) is 9.18. The Labute approximate surface area is 143 Å². The molecule has 0 amide bonds. The zero-order chi connectivity index (χ0) is 18.1. The van der Waals surface area contributed by atoms with Crippen LogP contribution in [0.25, 0.3) is 11.1 Å². The second-order valence-corrected chi connectivity index (χ2v) is 7.38. The molecular weight excluding hydrogens is 356 g/mol. The number of hydrogen-bond donors (Lipinski definition) is 0. The van der Waals surface area contributed by atoms with Crippen molar-refractivity contribution in [3.05, 3.63) is 45.3 Å². The van der Waals surface area contributed by atoms with Crippen molar-refractivity contribution < 1.29 is 17.9 Å². The molecule has 24 heavy (non-hydrogen) atoms. The predicted octanol–water partition coefficient (Wildman–Crippen LogP) is 1.68. The maximum Gasteiger partial charge on any atom is 0.360 e. The molecule has 0 fully saturated rings. The predicted molar refractivity (Wildman–Crippen MR) is 89.0 cm³/mol. The first kappa shape index (κ1) is 18.2. The van der Waals surface area contributed by atoms with Crippen molar-refractivity contribution in [1.82, 2.24) is 9.78 Å². The third-order valence-electron chi connectivity index (χ3n) is 3.23. The van der Waals surface area contributed by atoms with Crippen LogP contribution in [0.5, 0.6) is 0 Å². The maximum atomic E-state index is 12.4. The van der Waals surface area contributed by atoms with Crippen molar-refractivity contribution in [2.75, 3.05) is 12.9 Å². The van der Waals surface area contributed by atoms with Gasteiger partial charge in [0.15, 0.2) is 15.5 Å². The molecule has 0 aliphatic carbocycles. The van der Waals surface area contributed by atoms with Crippen LogP contribution in [0.1, 0.15) is 17.4 Å². The van der Waals surface area contributed by atoms with Crippen molar-refractivity contribution in [3.8, 4) is 11.1 Å². The summed E-state index contributed by atoms with van der Waals surface area (Å²) in [6.45, 7) is 1.77. The average Bonchev–Trinajstić information content (AvgIpc) is 2.51. The molecule has 1 heterocycles. The van der Waals surface area contributed by atoms with E-state index in [2.05, 4.69) is 5.10 Å². The fraction of sp³-hybridized carbons (Fsp3) is 0.267. The van der Waals surface area contributed by atoms with E-state index in [9.17, 15) is 18.0 Å². The van der Waals surface area contributed by atoms with Crippen LogP contribution in [-0.4, -0.2) is 37.0 Å². The first-order chi connectivity index (χ1) is 11.2. The monoisotopic (exact) mass is 370 g/mol. The number of ether oxygens (including phenoxy) is 1. The van der Waals surface area contributed by atoms with Crippen LogP contribution < -0.4 is 5.56 Å². The lowest BCUT2D eigenvalue weighted by Crippen LogP contribution is -2.25. The molecule has 0 atom stereocenters. The highest BCUT2D eigenvalue weighted by atomic mass is 35.5. The van der Waals surface area contributed by atoms with E-state index >= 15 is 0 Å². The quantitative estimate of drug-likeness (QED) is 0.760. The molecule has 0 aliphatic heterocycles.